The highest BCUT2D eigenvalue weighted by atomic mass is 32.2. The minimum atomic E-state index is 0.244. The second-order valence-corrected chi connectivity index (χ2v) is 5.06. The molecule has 0 bridgehead atoms. The molecule has 2 nitrogen and oxygen atoms in total. The molecule has 0 aliphatic carbocycles. The van der Waals surface area contributed by atoms with Crippen LogP contribution in [-0.4, -0.2) is 34.8 Å². The largest absolute Gasteiger partial charge is 0.395 e. The molecule has 1 saturated heterocycles. The van der Waals surface area contributed by atoms with E-state index in [1.54, 1.807) is 0 Å². The van der Waals surface area contributed by atoms with Gasteiger partial charge in [-0.1, -0.05) is 6.92 Å². The van der Waals surface area contributed by atoms with Crippen LogP contribution in [0.4, 0.5) is 0 Å². The molecule has 0 aromatic carbocycles. The van der Waals surface area contributed by atoms with Crippen molar-refractivity contribution in [2.75, 3.05) is 12.4 Å². The number of thioether (sulfide) groups is 1. The standard InChI is InChI=1S/C9H19NOS/c1-7(6-11)10-9-4-3-5-12-8(9)2/h7-11H,3-6H2,1-2H3. The van der Waals surface area contributed by atoms with E-state index in [0.29, 0.717) is 11.3 Å². The Hall–Kier alpha value is 0.270. The van der Waals surface area contributed by atoms with Gasteiger partial charge in [0.05, 0.1) is 6.61 Å². The fourth-order valence-corrected chi connectivity index (χ4v) is 2.71. The molecular formula is C9H19NOS. The first-order valence-electron chi connectivity index (χ1n) is 4.72. The highest BCUT2D eigenvalue weighted by molar-refractivity contribution is 7.99. The number of hydrogen-bond acceptors (Lipinski definition) is 3. The van der Waals surface area contributed by atoms with Gasteiger partial charge >= 0.3 is 0 Å². The second-order valence-electron chi connectivity index (χ2n) is 3.57. The van der Waals surface area contributed by atoms with Gasteiger partial charge < -0.3 is 10.4 Å². The Morgan fingerprint density at radius 2 is 2.42 bits per heavy atom. The van der Waals surface area contributed by atoms with E-state index < -0.39 is 0 Å². The quantitative estimate of drug-likeness (QED) is 0.700. The zero-order chi connectivity index (χ0) is 8.97. The molecule has 3 atom stereocenters. The number of aliphatic hydroxyl groups excluding tert-OH is 1. The summed E-state index contributed by atoms with van der Waals surface area (Å²) < 4.78 is 0. The third kappa shape index (κ3) is 2.96. The van der Waals surface area contributed by atoms with E-state index in [2.05, 4.69) is 12.2 Å². The van der Waals surface area contributed by atoms with Crippen LogP contribution in [0.5, 0.6) is 0 Å². The van der Waals surface area contributed by atoms with Gasteiger partial charge in [0.15, 0.2) is 0 Å². The van der Waals surface area contributed by atoms with Crippen molar-refractivity contribution < 1.29 is 5.11 Å². The van der Waals surface area contributed by atoms with Crippen molar-refractivity contribution in [2.24, 2.45) is 0 Å². The number of aliphatic hydroxyl groups is 1. The molecule has 2 N–H and O–H groups in total. The van der Waals surface area contributed by atoms with Gasteiger partial charge in [-0.2, -0.15) is 11.8 Å². The van der Waals surface area contributed by atoms with Crippen LogP contribution in [0.15, 0.2) is 0 Å². The Kier molecular flexibility index (Phi) is 4.40. The second kappa shape index (κ2) is 5.10. The summed E-state index contributed by atoms with van der Waals surface area (Å²) in [4.78, 5) is 0. The fourth-order valence-electron chi connectivity index (χ4n) is 1.56. The molecule has 12 heavy (non-hydrogen) atoms. The minimum Gasteiger partial charge on any atom is -0.395 e. The Morgan fingerprint density at radius 3 is 3.00 bits per heavy atom. The molecule has 1 rings (SSSR count). The lowest BCUT2D eigenvalue weighted by molar-refractivity contribution is 0.237. The van der Waals surface area contributed by atoms with Crippen LogP contribution in [0.3, 0.4) is 0 Å². The van der Waals surface area contributed by atoms with Crippen molar-refractivity contribution in [3.63, 3.8) is 0 Å². The molecule has 3 unspecified atom stereocenters. The Balaban J connectivity index is 2.28. The fraction of sp³-hybridized carbons (Fsp3) is 1.00. The maximum atomic E-state index is 8.88. The smallest absolute Gasteiger partial charge is 0.0582 e. The van der Waals surface area contributed by atoms with Crippen molar-refractivity contribution in [3.8, 4) is 0 Å². The van der Waals surface area contributed by atoms with Crippen LogP contribution in [0.2, 0.25) is 0 Å². The predicted octanol–water partition coefficient (Wildman–Crippen LogP) is 1.24. The van der Waals surface area contributed by atoms with Gasteiger partial charge in [-0.3, -0.25) is 0 Å². The summed E-state index contributed by atoms with van der Waals surface area (Å²) in [6.07, 6.45) is 2.57. The van der Waals surface area contributed by atoms with Gasteiger partial charge in [-0.25, -0.2) is 0 Å². The van der Waals surface area contributed by atoms with Crippen molar-refractivity contribution in [3.05, 3.63) is 0 Å². The summed E-state index contributed by atoms with van der Waals surface area (Å²) >= 11 is 2.03. The summed E-state index contributed by atoms with van der Waals surface area (Å²) in [6, 6.07) is 0.849. The molecule has 1 heterocycles. The number of rotatable bonds is 3. The van der Waals surface area contributed by atoms with E-state index in [9.17, 15) is 0 Å². The Bertz CT molecular complexity index is 132. The molecule has 0 aromatic rings. The lowest BCUT2D eigenvalue weighted by Crippen LogP contribution is -2.45. The Labute approximate surface area is 79.1 Å². The van der Waals surface area contributed by atoms with Gasteiger partial charge in [-0.05, 0) is 25.5 Å². The van der Waals surface area contributed by atoms with E-state index in [0.717, 1.165) is 0 Å². The van der Waals surface area contributed by atoms with Crippen LogP contribution in [0.25, 0.3) is 0 Å². The molecular weight excluding hydrogens is 170 g/mol. The molecule has 72 valence electrons. The first kappa shape index (κ1) is 10.4. The van der Waals surface area contributed by atoms with Crippen molar-refractivity contribution in [2.45, 2.75) is 44.0 Å². The topological polar surface area (TPSA) is 32.3 Å². The molecule has 3 heteroatoms. The van der Waals surface area contributed by atoms with Crippen molar-refractivity contribution >= 4 is 11.8 Å². The van der Waals surface area contributed by atoms with Crippen LogP contribution in [0.1, 0.15) is 26.7 Å². The van der Waals surface area contributed by atoms with Crippen molar-refractivity contribution in [1.29, 1.82) is 0 Å². The van der Waals surface area contributed by atoms with E-state index in [4.69, 9.17) is 5.11 Å². The average Bonchev–Trinajstić information content (AvgIpc) is 2.09. The van der Waals surface area contributed by atoms with Crippen LogP contribution >= 0.6 is 11.8 Å². The molecule has 1 fully saturated rings. The number of nitrogens with one attached hydrogen (secondary N) is 1. The van der Waals surface area contributed by atoms with Gasteiger partial charge in [0.25, 0.3) is 0 Å². The van der Waals surface area contributed by atoms with E-state index in [1.165, 1.54) is 18.6 Å². The molecule has 1 aliphatic heterocycles. The Morgan fingerprint density at radius 1 is 1.67 bits per heavy atom. The highest BCUT2D eigenvalue weighted by Gasteiger charge is 2.22. The van der Waals surface area contributed by atoms with Crippen LogP contribution in [-0.2, 0) is 0 Å². The third-order valence-electron chi connectivity index (χ3n) is 2.38. The monoisotopic (exact) mass is 189 g/mol. The molecule has 1 aliphatic rings. The van der Waals surface area contributed by atoms with Gasteiger partial charge in [0.1, 0.15) is 0 Å². The van der Waals surface area contributed by atoms with Gasteiger partial charge in [0, 0.05) is 17.3 Å². The molecule has 0 saturated carbocycles. The summed E-state index contributed by atoms with van der Waals surface area (Å²) in [5.74, 6) is 1.30. The molecule has 0 amide bonds. The predicted molar refractivity (Wildman–Crippen MR) is 54.6 cm³/mol. The van der Waals surface area contributed by atoms with E-state index in [-0.39, 0.29) is 12.6 Å². The molecule has 0 spiro atoms. The summed E-state index contributed by atoms with van der Waals surface area (Å²) in [5, 5.41) is 13.0. The molecule has 0 radical (unpaired) electrons. The normalized spacial score (nSPS) is 33.2. The minimum absolute atomic E-state index is 0.244. The average molecular weight is 189 g/mol. The van der Waals surface area contributed by atoms with E-state index in [1.807, 2.05) is 18.7 Å². The molecule has 0 aromatic heterocycles. The number of hydrogen-bond donors (Lipinski definition) is 2. The van der Waals surface area contributed by atoms with Gasteiger partial charge in [-0.15, -0.1) is 0 Å². The summed E-state index contributed by atoms with van der Waals surface area (Å²) in [6.45, 7) is 4.55. The zero-order valence-electron chi connectivity index (χ0n) is 7.92. The van der Waals surface area contributed by atoms with E-state index >= 15 is 0 Å². The first-order chi connectivity index (χ1) is 5.74. The third-order valence-corrected chi connectivity index (χ3v) is 3.76. The maximum Gasteiger partial charge on any atom is 0.0582 e. The zero-order valence-corrected chi connectivity index (χ0v) is 8.73. The van der Waals surface area contributed by atoms with Crippen LogP contribution in [0, 0.1) is 0 Å². The van der Waals surface area contributed by atoms with Crippen LogP contribution < -0.4 is 5.32 Å². The lowest BCUT2D eigenvalue weighted by Gasteiger charge is -2.31. The first-order valence-corrected chi connectivity index (χ1v) is 5.77. The maximum absolute atomic E-state index is 8.88. The van der Waals surface area contributed by atoms with Crippen molar-refractivity contribution in [1.82, 2.24) is 5.32 Å². The summed E-state index contributed by atoms with van der Waals surface area (Å²) in [5.41, 5.74) is 0. The van der Waals surface area contributed by atoms with Gasteiger partial charge in [0.2, 0.25) is 0 Å². The summed E-state index contributed by atoms with van der Waals surface area (Å²) in [7, 11) is 0. The SMILES string of the molecule is CC(CO)NC1CCCSC1C. The highest BCUT2D eigenvalue weighted by Crippen LogP contribution is 2.25. The lowest BCUT2D eigenvalue weighted by atomic mass is 10.1.